The van der Waals surface area contributed by atoms with Crippen molar-refractivity contribution in [1.29, 1.82) is 0 Å². The number of pyridine rings is 1. The largest absolute Gasteiger partial charge is 0.361 e. The molecule has 0 unspecified atom stereocenters. The van der Waals surface area contributed by atoms with Crippen molar-refractivity contribution in [2.75, 3.05) is 12.3 Å². The molecule has 0 amide bonds. The normalized spacial score (nSPS) is 17.9. The standard InChI is InChI=1S/C15H23N3S/c1-4-15(5-2)10-18-14(19-11-15)17-9-13-8-16-7-6-12(13)3/h6-8H,4-5,9-11H2,1-3H3,(H,17,18). The summed E-state index contributed by atoms with van der Waals surface area (Å²) in [5.74, 6) is 1.18. The molecule has 1 aromatic heterocycles. The van der Waals surface area contributed by atoms with E-state index in [1.807, 2.05) is 30.2 Å². The topological polar surface area (TPSA) is 37.3 Å². The minimum atomic E-state index is 0.417. The summed E-state index contributed by atoms with van der Waals surface area (Å²) < 4.78 is 0. The van der Waals surface area contributed by atoms with E-state index in [1.165, 1.54) is 29.7 Å². The molecule has 2 rings (SSSR count). The first-order valence-corrected chi connectivity index (χ1v) is 7.98. The summed E-state index contributed by atoms with van der Waals surface area (Å²) in [6, 6.07) is 2.05. The maximum Gasteiger partial charge on any atom is 0.156 e. The predicted molar refractivity (Wildman–Crippen MR) is 83.6 cm³/mol. The van der Waals surface area contributed by atoms with Crippen LogP contribution in [0.5, 0.6) is 0 Å². The van der Waals surface area contributed by atoms with Crippen LogP contribution in [0.15, 0.2) is 23.5 Å². The first-order chi connectivity index (χ1) is 9.19. The van der Waals surface area contributed by atoms with Crippen LogP contribution < -0.4 is 5.32 Å². The molecule has 0 aromatic carbocycles. The van der Waals surface area contributed by atoms with Crippen molar-refractivity contribution in [2.24, 2.45) is 10.4 Å². The highest BCUT2D eigenvalue weighted by atomic mass is 32.2. The van der Waals surface area contributed by atoms with Gasteiger partial charge in [0, 0.05) is 31.2 Å². The summed E-state index contributed by atoms with van der Waals surface area (Å²) in [5.41, 5.74) is 2.94. The van der Waals surface area contributed by atoms with Crippen molar-refractivity contribution in [3.8, 4) is 0 Å². The van der Waals surface area contributed by atoms with E-state index in [2.05, 4.69) is 31.1 Å². The molecule has 1 aliphatic heterocycles. The van der Waals surface area contributed by atoms with Crippen molar-refractivity contribution in [3.63, 3.8) is 0 Å². The van der Waals surface area contributed by atoms with Gasteiger partial charge in [0.1, 0.15) is 0 Å². The van der Waals surface area contributed by atoms with Crippen LogP contribution in [0, 0.1) is 12.3 Å². The van der Waals surface area contributed by atoms with Gasteiger partial charge in [0.05, 0.1) is 0 Å². The molecule has 1 aromatic rings. The first kappa shape index (κ1) is 14.4. The van der Waals surface area contributed by atoms with Crippen molar-refractivity contribution in [1.82, 2.24) is 10.3 Å². The minimum absolute atomic E-state index is 0.417. The molecule has 0 radical (unpaired) electrons. The fourth-order valence-electron chi connectivity index (χ4n) is 2.19. The molecule has 2 heterocycles. The van der Waals surface area contributed by atoms with E-state index in [0.29, 0.717) is 5.41 Å². The van der Waals surface area contributed by atoms with E-state index in [0.717, 1.165) is 18.3 Å². The monoisotopic (exact) mass is 277 g/mol. The Morgan fingerprint density at radius 1 is 1.37 bits per heavy atom. The maximum atomic E-state index is 4.72. The quantitative estimate of drug-likeness (QED) is 0.916. The zero-order valence-electron chi connectivity index (χ0n) is 12.1. The highest BCUT2D eigenvalue weighted by Gasteiger charge is 2.29. The first-order valence-electron chi connectivity index (χ1n) is 7.00. The van der Waals surface area contributed by atoms with Crippen LogP contribution in [0.25, 0.3) is 0 Å². The molecule has 0 saturated heterocycles. The van der Waals surface area contributed by atoms with Crippen LogP contribution >= 0.6 is 11.8 Å². The van der Waals surface area contributed by atoms with Crippen molar-refractivity contribution in [3.05, 3.63) is 29.6 Å². The number of hydrogen-bond donors (Lipinski definition) is 1. The molecule has 4 heteroatoms. The Hall–Kier alpha value is -1.03. The van der Waals surface area contributed by atoms with Crippen LogP contribution in [-0.4, -0.2) is 22.4 Å². The summed E-state index contributed by atoms with van der Waals surface area (Å²) in [4.78, 5) is 8.89. The van der Waals surface area contributed by atoms with E-state index < -0.39 is 0 Å². The number of aliphatic imine (C=N–C) groups is 1. The van der Waals surface area contributed by atoms with Crippen LogP contribution in [0.2, 0.25) is 0 Å². The SMILES string of the molecule is CCC1(CC)CN=C(NCc2cnccc2C)SC1. The molecule has 0 saturated carbocycles. The molecule has 19 heavy (non-hydrogen) atoms. The third-order valence-electron chi connectivity index (χ3n) is 4.15. The van der Waals surface area contributed by atoms with Crippen LogP contribution in [0.3, 0.4) is 0 Å². The number of amidine groups is 1. The van der Waals surface area contributed by atoms with Gasteiger partial charge in [0.2, 0.25) is 0 Å². The average molecular weight is 277 g/mol. The Bertz CT molecular complexity index is 452. The number of rotatable bonds is 4. The lowest BCUT2D eigenvalue weighted by molar-refractivity contribution is 0.318. The number of thioether (sulfide) groups is 1. The number of aromatic nitrogens is 1. The van der Waals surface area contributed by atoms with Gasteiger partial charge in [0.25, 0.3) is 0 Å². The molecule has 0 atom stereocenters. The van der Waals surface area contributed by atoms with Crippen molar-refractivity contribution < 1.29 is 0 Å². The third-order valence-corrected chi connectivity index (χ3v) is 5.45. The van der Waals surface area contributed by atoms with Gasteiger partial charge in [-0.25, -0.2) is 0 Å². The zero-order chi connectivity index (χ0) is 13.7. The smallest absolute Gasteiger partial charge is 0.156 e. The summed E-state index contributed by atoms with van der Waals surface area (Å²) >= 11 is 1.86. The van der Waals surface area contributed by atoms with E-state index in [1.54, 1.807) is 0 Å². The Morgan fingerprint density at radius 3 is 2.74 bits per heavy atom. The molecule has 0 aliphatic carbocycles. The van der Waals surface area contributed by atoms with E-state index >= 15 is 0 Å². The fourth-order valence-corrected chi connectivity index (χ4v) is 3.46. The molecule has 0 fully saturated rings. The second kappa shape index (κ2) is 6.42. The van der Waals surface area contributed by atoms with E-state index in [-0.39, 0.29) is 0 Å². The van der Waals surface area contributed by atoms with Gasteiger partial charge in [-0.05, 0) is 42.4 Å². The molecular formula is C15H23N3S. The van der Waals surface area contributed by atoms with Crippen molar-refractivity contribution in [2.45, 2.75) is 40.2 Å². The van der Waals surface area contributed by atoms with Gasteiger partial charge in [0.15, 0.2) is 5.17 Å². The fraction of sp³-hybridized carbons (Fsp3) is 0.600. The van der Waals surface area contributed by atoms with Crippen LogP contribution in [-0.2, 0) is 6.54 Å². The molecular weight excluding hydrogens is 254 g/mol. The lowest BCUT2D eigenvalue weighted by Gasteiger charge is -2.33. The lowest BCUT2D eigenvalue weighted by atomic mass is 9.84. The Balaban J connectivity index is 1.92. The lowest BCUT2D eigenvalue weighted by Crippen LogP contribution is -2.34. The maximum absolute atomic E-state index is 4.72. The van der Waals surface area contributed by atoms with Gasteiger partial charge >= 0.3 is 0 Å². The second-order valence-corrected chi connectivity index (χ2v) is 6.24. The highest BCUT2D eigenvalue weighted by molar-refractivity contribution is 8.13. The van der Waals surface area contributed by atoms with E-state index in [4.69, 9.17) is 4.99 Å². The van der Waals surface area contributed by atoms with Gasteiger partial charge in [-0.15, -0.1) is 0 Å². The molecule has 1 aliphatic rings. The average Bonchev–Trinajstić information content (AvgIpc) is 2.47. The number of nitrogens with one attached hydrogen (secondary N) is 1. The predicted octanol–water partition coefficient (Wildman–Crippen LogP) is 3.39. The summed E-state index contributed by atoms with van der Waals surface area (Å²) in [7, 11) is 0. The van der Waals surface area contributed by atoms with Gasteiger partial charge in [-0.3, -0.25) is 9.98 Å². The summed E-state index contributed by atoms with van der Waals surface area (Å²) in [5, 5.41) is 4.52. The second-order valence-electron chi connectivity index (χ2n) is 5.27. The van der Waals surface area contributed by atoms with Crippen LogP contribution in [0.4, 0.5) is 0 Å². The van der Waals surface area contributed by atoms with Gasteiger partial charge in [-0.2, -0.15) is 0 Å². The molecule has 1 N–H and O–H groups in total. The summed E-state index contributed by atoms with van der Waals surface area (Å²) in [6.45, 7) is 8.44. The number of nitrogens with zero attached hydrogens (tertiary/aromatic N) is 2. The molecule has 3 nitrogen and oxygen atoms in total. The Morgan fingerprint density at radius 2 is 2.16 bits per heavy atom. The molecule has 0 bridgehead atoms. The number of aryl methyl sites for hydroxylation is 1. The van der Waals surface area contributed by atoms with E-state index in [9.17, 15) is 0 Å². The number of hydrogen-bond acceptors (Lipinski definition) is 4. The minimum Gasteiger partial charge on any atom is -0.361 e. The highest BCUT2D eigenvalue weighted by Crippen LogP contribution is 2.34. The van der Waals surface area contributed by atoms with Gasteiger partial charge in [-0.1, -0.05) is 25.6 Å². The Labute approximate surface area is 120 Å². The molecule has 0 spiro atoms. The summed E-state index contributed by atoms with van der Waals surface area (Å²) in [6.07, 6.45) is 6.20. The zero-order valence-corrected chi connectivity index (χ0v) is 12.9. The van der Waals surface area contributed by atoms with Crippen molar-refractivity contribution >= 4 is 16.9 Å². The van der Waals surface area contributed by atoms with Gasteiger partial charge < -0.3 is 5.32 Å². The molecule has 104 valence electrons. The Kier molecular flexibility index (Phi) is 4.86. The third kappa shape index (κ3) is 3.50. The van der Waals surface area contributed by atoms with Crippen LogP contribution in [0.1, 0.15) is 37.8 Å².